The van der Waals surface area contributed by atoms with Crippen LogP contribution in [0.5, 0.6) is 5.75 Å². The van der Waals surface area contributed by atoms with E-state index in [-0.39, 0.29) is 6.42 Å². The Labute approximate surface area is 186 Å². The fourth-order valence-electron chi connectivity index (χ4n) is 3.58. The molecule has 0 radical (unpaired) electrons. The average molecular weight is 438 g/mol. The molecule has 1 unspecified atom stereocenters. The molecule has 1 saturated heterocycles. The first-order chi connectivity index (χ1) is 15.2. The third-order valence-corrected chi connectivity index (χ3v) is 5.61. The normalized spacial score (nSPS) is 17.7. The second kappa shape index (κ2) is 9.09. The molecule has 0 saturated carbocycles. The van der Waals surface area contributed by atoms with Crippen molar-refractivity contribution in [3.63, 3.8) is 0 Å². The van der Waals surface area contributed by atoms with Crippen molar-refractivity contribution in [2.24, 2.45) is 0 Å². The smallest absolute Gasteiger partial charge is 0.325 e. The molecule has 32 heavy (non-hydrogen) atoms. The molecule has 0 spiro atoms. The van der Waals surface area contributed by atoms with Crippen molar-refractivity contribution in [1.82, 2.24) is 15.5 Å². The zero-order chi connectivity index (χ0) is 23.5. The van der Waals surface area contributed by atoms with Crippen LogP contribution in [0.4, 0.5) is 15.3 Å². The first-order valence-electron chi connectivity index (χ1n) is 10.2. The molecule has 1 fully saturated rings. The third-order valence-electron chi connectivity index (χ3n) is 5.61. The topological polar surface area (TPSA) is 117 Å². The quantitative estimate of drug-likeness (QED) is 0.600. The van der Waals surface area contributed by atoms with E-state index in [2.05, 4.69) is 16.0 Å². The van der Waals surface area contributed by atoms with Crippen LogP contribution in [0.1, 0.15) is 30.0 Å². The minimum Gasteiger partial charge on any atom is -0.497 e. The number of rotatable bonds is 6. The Morgan fingerprint density at radius 1 is 1.06 bits per heavy atom. The van der Waals surface area contributed by atoms with Crippen molar-refractivity contribution in [2.75, 3.05) is 19.0 Å². The van der Waals surface area contributed by atoms with Crippen LogP contribution in [0.25, 0.3) is 0 Å². The molecule has 0 aliphatic carbocycles. The molecule has 1 atom stereocenters. The van der Waals surface area contributed by atoms with Gasteiger partial charge in [0.1, 0.15) is 17.8 Å². The third kappa shape index (κ3) is 4.41. The number of aryl methyl sites for hydroxylation is 2. The summed E-state index contributed by atoms with van der Waals surface area (Å²) < 4.78 is 5.14. The lowest BCUT2D eigenvalue weighted by Gasteiger charge is -2.25. The van der Waals surface area contributed by atoms with Gasteiger partial charge in [-0.25, -0.2) is 9.59 Å². The van der Waals surface area contributed by atoms with Crippen LogP contribution >= 0.6 is 0 Å². The highest BCUT2D eigenvalue weighted by atomic mass is 16.5. The number of hydrogen-bond acceptors (Lipinski definition) is 5. The van der Waals surface area contributed by atoms with Crippen LogP contribution in [-0.2, 0) is 15.1 Å². The van der Waals surface area contributed by atoms with Crippen molar-refractivity contribution in [1.29, 1.82) is 0 Å². The summed E-state index contributed by atoms with van der Waals surface area (Å²) in [6.45, 7) is 5.04. The van der Waals surface area contributed by atoms with Crippen LogP contribution in [-0.4, -0.2) is 42.4 Å². The molecular formula is C23H26N4O5. The number of carbonyl (C=O) groups excluding carboxylic acids is 4. The average Bonchev–Trinajstić information content (AvgIpc) is 3.01. The highest BCUT2D eigenvalue weighted by molar-refractivity contribution is 6.11. The second-order valence-electron chi connectivity index (χ2n) is 7.61. The fraction of sp³-hybridized carbons (Fsp3) is 0.304. The molecule has 3 rings (SSSR count). The summed E-state index contributed by atoms with van der Waals surface area (Å²) in [7, 11) is 1.53. The lowest BCUT2D eigenvalue weighted by Crippen LogP contribution is -2.46. The molecule has 168 valence electrons. The van der Waals surface area contributed by atoms with Crippen LogP contribution in [0.15, 0.2) is 42.5 Å². The maximum absolute atomic E-state index is 13.1. The number of methoxy groups -OCH3 is 1. The van der Waals surface area contributed by atoms with Gasteiger partial charge in [0.15, 0.2) is 0 Å². The lowest BCUT2D eigenvalue weighted by molar-refractivity contribution is -0.135. The summed E-state index contributed by atoms with van der Waals surface area (Å²) in [5.41, 5.74) is 1.88. The van der Waals surface area contributed by atoms with Gasteiger partial charge in [-0.2, -0.15) is 0 Å². The largest absolute Gasteiger partial charge is 0.497 e. The number of urea groups is 2. The van der Waals surface area contributed by atoms with E-state index in [1.54, 1.807) is 43.3 Å². The number of nitrogens with one attached hydrogen (secondary N) is 3. The van der Waals surface area contributed by atoms with Crippen LogP contribution in [0.3, 0.4) is 0 Å². The maximum Gasteiger partial charge on any atom is 0.325 e. The molecular weight excluding hydrogens is 412 g/mol. The van der Waals surface area contributed by atoms with Crippen molar-refractivity contribution >= 4 is 29.6 Å². The van der Waals surface area contributed by atoms with Gasteiger partial charge in [0, 0.05) is 5.69 Å². The number of amides is 6. The first kappa shape index (κ1) is 22.8. The van der Waals surface area contributed by atoms with Crippen molar-refractivity contribution in [3.8, 4) is 5.75 Å². The number of benzene rings is 2. The summed E-state index contributed by atoms with van der Waals surface area (Å²) in [5, 5.41) is 7.41. The monoisotopic (exact) mass is 438 g/mol. The van der Waals surface area contributed by atoms with Gasteiger partial charge < -0.3 is 15.4 Å². The predicted molar refractivity (Wildman–Crippen MR) is 118 cm³/mol. The lowest BCUT2D eigenvalue weighted by atomic mass is 9.87. The Morgan fingerprint density at radius 2 is 1.75 bits per heavy atom. The van der Waals surface area contributed by atoms with Gasteiger partial charge in [-0.15, -0.1) is 0 Å². The Balaban J connectivity index is 1.67. The summed E-state index contributed by atoms with van der Waals surface area (Å²) in [5.74, 6) is -0.723. The zero-order valence-corrected chi connectivity index (χ0v) is 18.4. The van der Waals surface area contributed by atoms with E-state index in [1.807, 2.05) is 19.9 Å². The van der Waals surface area contributed by atoms with Gasteiger partial charge in [-0.3, -0.25) is 19.8 Å². The maximum atomic E-state index is 13.1. The summed E-state index contributed by atoms with van der Waals surface area (Å²) in [6.07, 6.45) is 0.287. The van der Waals surface area contributed by atoms with E-state index in [9.17, 15) is 19.2 Å². The summed E-state index contributed by atoms with van der Waals surface area (Å²) in [6, 6.07) is 10.7. The minimum absolute atomic E-state index is 0.287. The fourth-order valence-corrected chi connectivity index (χ4v) is 3.58. The number of ether oxygens (including phenoxy) is 1. The Bertz CT molecular complexity index is 1070. The van der Waals surface area contributed by atoms with Gasteiger partial charge in [-0.1, -0.05) is 25.1 Å². The van der Waals surface area contributed by atoms with Crippen LogP contribution in [0.2, 0.25) is 0 Å². The summed E-state index contributed by atoms with van der Waals surface area (Å²) >= 11 is 0. The van der Waals surface area contributed by atoms with E-state index in [0.29, 0.717) is 17.0 Å². The van der Waals surface area contributed by atoms with Gasteiger partial charge in [0.25, 0.3) is 5.91 Å². The van der Waals surface area contributed by atoms with Gasteiger partial charge in [0.05, 0.1) is 7.11 Å². The second-order valence-corrected chi connectivity index (χ2v) is 7.61. The number of hydrogen-bond donors (Lipinski definition) is 3. The van der Waals surface area contributed by atoms with Crippen LogP contribution < -0.4 is 20.7 Å². The van der Waals surface area contributed by atoms with Crippen molar-refractivity contribution < 1.29 is 23.9 Å². The molecule has 0 aromatic heterocycles. The van der Waals surface area contributed by atoms with E-state index >= 15 is 0 Å². The Morgan fingerprint density at radius 3 is 2.34 bits per heavy atom. The van der Waals surface area contributed by atoms with Crippen molar-refractivity contribution in [3.05, 3.63) is 59.2 Å². The summed E-state index contributed by atoms with van der Waals surface area (Å²) in [4.78, 5) is 51.0. The molecule has 9 nitrogen and oxygen atoms in total. The SMILES string of the molecule is CCC1(c2ccc(OC)cc2)NC(=O)N(CC(=O)NC(=O)Nc2ccc(C)c(C)c2)C1=O. The molecule has 1 aliphatic heterocycles. The Hall–Kier alpha value is -3.88. The predicted octanol–water partition coefficient (Wildman–Crippen LogP) is 2.82. The van der Waals surface area contributed by atoms with E-state index in [1.165, 1.54) is 7.11 Å². The Kier molecular flexibility index (Phi) is 6.47. The standard InChI is InChI=1S/C23H26N4O5/c1-5-23(16-7-10-18(32-4)11-8-16)20(29)27(22(31)26-23)13-19(28)25-21(30)24-17-9-6-14(2)15(3)12-17/h6-12H,5,13H2,1-4H3,(H,26,31)(H2,24,25,28,30). The molecule has 6 amide bonds. The molecule has 2 aromatic rings. The van der Waals surface area contributed by atoms with Gasteiger partial charge >= 0.3 is 12.1 Å². The molecule has 9 heteroatoms. The van der Waals surface area contributed by atoms with E-state index in [0.717, 1.165) is 16.0 Å². The zero-order valence-electron chi connectivity index (χ0n) is 18.4. The molecule has 1 aliphatic rings. The first-order valence-corrected chi connectivity index (χ1v) is 10.2. The van der Waals surface area contributed by atoms with E-state index in [4.69, 9.17) is 4.74 Å². The van der Waals surface area contributed by atoms with Gasteiger partial charge in [-0.05, 0) is 61.2 Å². The number of anilines is 1. The number of imide groups is 2. The van der Waals surface area contributed by atoms with Gasteiger partial charge in [0.2, 0.25) is 5.91 Å². The molecule has 1 heterocycles. The number of carbonyl (C=O) groups is 4. The minimum atomic E-state index is -1.29. The molecule has 0 bridgehead atoms. The van der Waals surface area contributed by atoms with Crippen molar-refractivity contribution in [2.45, 2.75) is 32.7 Å². The number of nitrogens with zero attached hydrogens (tertiary/aromatic N) is 1. The van der Waals surface area contributed by atoms with E-state index < -0.39 is 36.0 Å². The van der Waals surface area contributed by atoms with Crippen LogP contribution in [0, 0.1) is 13.8 Å². The molecule has 2 aromatic carbocycles. The highest BCUT2D eigenvalue weighted by Crippen LogP contribution is 2.33. The highest BCUT2D eigenvalue weighted by Gasteiger charge is 2.51. The molecule has 3 N–H and O–H groups in total.